The summed E-state index contributed by atoms with van der Waals surface area (Å²) in [5.74, 6) is 0.286. The highest BCUT2D eigenvalue weighted by Gasteiger charge is 2.31. The second kappa shape index (κ2) is 9.45. The third-order valence-corrected chi connectivity index (χ3v) is 7.30. The molecule has 168 valence electrons. The van der Waals surface area contributed by atoms with Crippen LogP contribution in [0, 0.1) is 0 Å². The van der Waals surface area contributed by atoms with Crippen LogP contribution in [-0.2, 0) is 0 Å². The van der Waals surface area contributed by atoms with Gasteiger partial charge < -0.3 is 14.7 Å². The fraction of sp³-hybridized carbons (Fsp3) is 0.481. The zero-order chi connectivity index (χ0) is 21.9. The van der Waals surface area contributed by atoms with Gasteiger partial charge in [-0.3, -0.25) is 9.59 Å². The lowest BCUT2D eigenvalue weighted by Gasteiger charge is -2.28. The number of likely N-dealkylation sites (tertiary alicyclic amines) is 3. The van der Waals surface area contributed by atoms with Gasteiger partial charge in [0.2, 0.25) is 0 Å². The molecule has 5 heteroatoms. The number of nitrogens with zero attached hydrogens (tertiary/aromatic N) is 3. The van der Waals surface area contributed by atoms with Crippen LogP contribution in [0.15, 0.2) is 48.5 Å². The minimum Gasteiger partial charge on any atom is -0.339 e. The van der Waals surface area contributed by atoms with Crippen molar-refractivity contribution in [3.63, 3.8) is 0 Å². The van der Waals surface area contributed by atoms with Crippen molar-refractivity contribution in [2.45, 2.75) is 44.6 Å². The maximum atomic E-state index is 13.2. The Labute approximate surface area is 191 Å². The van der Waals surface area contributed by atoms with Gasteiger partial charge in [0, 0.05) is 43.3 Å². The first kappa shape index (κ1) is 21.2. The molecule has 1 unspecified atom stereocenters. The van der Waals surface area contributed by atoms with E-state index in [0.717, 1.165) is 74.1 Å². The average molecular weight is 432 g/mol. The molecule has 0 spiro atoms. The van der Waals surface area contributed by atoms with Crippen molar-refractivity contribution in [3.05, 3.63) is 59.7 Å². The van der Waals surface area contributed by atoms with Crippen LogP contribution in [0.2, 0.25) is 0 Å². The predicted octanol–water partition coefficient (Wildman–Crippen LogP) is 4.29. The van der Waals surface area contributed by atoms with Crippen molar-refractivity contribution in [1.82, 2.24) is 14.7 Å². The van der Waals surface area contributed by atoms with E-state index in [9.17, 15) is 9.59 Å². The van der Waals surface area contributed by atoms with Crippen LogP contribution in [-0.4, -0.2) is 71.8 Å². The van der Waals surface area contributed by atoms with Crippen LogP contribution >= 0.6 is 0 Å². The molecule has 3 aliphatic heterocycles. The van der Waals surface area contributed by atoms with Crippen LogP contribution < -0.4 is 0 Å². The molecule has 2 amide bonds. The minimum absolute atomic E-state index is 0.129. The number of benzene rings is 2. The SMILES string of the molecule is O=C(c1ccc(-c2ccc(C(=O)N3CCCC3CN3CCCC3)cc2)cc1)N1CCCC1. The van der Waals surface area contributed by atoms with Crippen molar-refractivity contribution in [1.29, 1.82) is 0 Å². The molecule has 3 aliphatic rings. The molecule has 5 nitrogen and oxygen atoms in total. The average Bonchev–Trinajstić information content (AvgIpc) is 3.62. The van der Waals surface area contributed by atoms with Crippen LogP contribution in [0.3, 0.4) is 0 Å². The number of hydrogen-bond donors (Lipinski definition) is 0. The van der Waals surface area contributed by atoms with Crippen molar-refractivity contribution in [3.8, 4) is 11.1 Å². The summed E-state index contributed by atoms with van der Waals surface area (Å²) >= 11 is 0. The van der Waals surface area contributed by atoms with Crippen LogP contribution in [0.1, 0.15) is 59.2 Å². The maximum absolute atomic E-state index is 13.2. The van der Waals surface area contributed by atoms with Crippen LogP contribution in [0.4, 0.5) is 0 Å². The highest BCUT2D eigenvalue weighted by Crippen LogP contribution is 2.25. The summed E-state index contributed by atoms with van der Waals surface area (Å²) in [6.45, 7) is 5.97. The number of carbonyl (C=O) groups is 2. The van der Waals surface area contributed by atoms with Gasteiger partial charge in [0.1, 0.15) is 0 Å². The van der Waals surface area contributed by atoms with Gasteiger partial charge in [-0.25, -0.2) is 0 Å². The number of carbonyl (C=O) groups excluding carboxylic acids is 2. The quantitative estimate of drug-likeness (QED) is 0.709. The third kappa shape index (κ3) is 4.44. The Morgan fingerprint density at radius 1 is 0.656 bits per heavy atom. The summed E-state index contributed by atoms with van der Waals surface area (Å²) in [6, 6.07) is 16.1. The zero-order valence-corrected chi connectivity index (χ0v) is 18.8. The summed E-state index contributed by atoms with van der Waals surface area (Å²) in [5, 5.41) is 0. The molecule has 2 aromatic carbocycles. The Morgan fingerprint density at radius 3 is 1.78 bits per heavy atom. The number of rotatable bonds is 5. The summed E-state index contributed by atoms with van der Waals surface area (Å²) in [6.07, 6.45) is 7.00. The smallest absolute Gasteiger partial charge is 0.254 e. The van der Waals surface area contributed by atoms with E-state index in [1.807, 2.05) is 53.4 Å². The molecule has 2 aromatic rings. The van der Waals surface area contributed by atoms with Crippen molar-refractivity contribution < 1.29 is 9.59 Å². The van der Waals surface area contributed by atoms with Gasteiger partial charge in [-0.15, -0.1) is 0 Å². The highest BCUT2D eigenvalue weighted by molar-refractivity contribution is 5.96. The first-order valence-electron chi connectivity index (χ1n) is 12.2. The molecule has 0 bridgehead atoms. The molecule has 0 aromatic heterocycles. The summed E-state index contributed by atoms with van der Waals surface area (Å²) < 4.78 is 0. The fourth-order valence-corrected chi connectivity index (χ4v) is 5.44. The second-order valence-electron chi connectivity index (χ2n) is 9.46. The number of amides is 2. The Balaban J connectivity index is 1.24. The van der Waals surface area contributed by atoms with E-state index in [2.05, 4.69) is 9.80 Å². The molecule has 3 fully saturated rings. The Morgan fingerprint density at radius 2 is 1.19 bits per heavy atom. The lowest BCUT2D eigenvalue weighted by molar-refractivity contribution is 0.0708. The summed E-state index contributed by atoms with van der Waals surface area (Å²) in [5.41, 5.74) is 3.65. The van der Waals surface area contributed by atoms with Gasteiger partial charge in [-0.05, 0) is 87.0 Å². The van der Waals surface area contributed by atoms with Crippen molar-refractivity contribution in [2.75, 3.05) is 39.3 Å². The first-order valence-corrected chi connectivity index (χ1v) is 12.2. The van der Waals surface area contributed by atoms with Gasteiger partial charge in [0.25, 0.3) is 11.8 Å². The molecular formula is C27H33N3O2. The highest BCUT2D eigenvalue weighted by atomic mass is 16.2. The standard InChI is InChI=1S/C27H33N3O2/c31-26(29-17-3-4-18-29)23-11-7-21(8-12-23)22-9-13-24(14-10-22)27(32)30-19-5-6-25(30)20-28-15-1-2-16-28/h7-14,25H,1-6,15-20H2. The van der Waals surface area contributed by atoms with E-state index in [1.54, 1.807) is 0 Å². The third-order valence-electron chi connectivity index (χ3n) is 7.30. The summed E-state index contributed by atoms with van der Waals surface area (Å²) in [4.78, 5) is 32.3. The van der Waals surface area contributed by atoms with Gasteiger partial charge in [-0.2, -0.15) is 0 Å². The normalized spacial score (nSPS) is 21.4. The predicted molar refractivity (Wildman–Crippen MR) is 127 cm³/mol. The number of hydrogen-bond acceptors (Lipinski definition) is 3. The van der Waals surface area contributed by atoms with Crippen molar-refractivity contribution >= 4 is 11.8 Å². The Bertz CT molecular complexity index is 942. The molecule has 0 saturated carbocycles. The molecular weight excluding hydrogens is 398 g/mol. The fourth-order valence-electron chi connectivity index (χ4n) is 5.44. The van der Waals surface area contributed by atoms with E-state index in [4.69, 9.17) is 0 Å². The Hall–Kier alpha value is -2.66. The molecule has 5 rings (SSSR count). The lowest BCUT2D eigenvalue weighted by atomic mass is 10.0. The molecule has 32 heavy (non-hydrogen) atoms. The van der Waals surface area contributed by atoms with E-state index < -0.39 is 0 Å². The zero-order valence-electron chi connectivity index (χ0n) is 18.8. The Kier molecular flexibility index (Phi) is 6.26. The molecule has 0 aliphatic carbocycles. The van der Waals surface area contributed by atoms with Crippen molar-refractivity contribution in [2.24, 2.45) is 0 Å². The minimum atomic E-state index is 0.129. The largest absolute Gasteiger partial charge is 0.339 e. The molecule has 1 atom stereocenters. The van der Waals surface area contributed by atoms with Gasteiger partial charge in [0.15, 0.2) is 0 Å². The van der Waals surface area contributed by atoms with Crippen LogP contribution in [0.5, 0.6) is 0 Å². The first-order chi connectivity index (χ1) is 15.7. The maximum Gasteiger partial charge on any atom is 0.254 e. The molecule has 3 heterocycles. The van der Waals surface area contributed by atoms with E-state index >= 15 is 0 Å². The van der Waals surface area contributed by atoms with Crippen LogP contribution in [0.25, 0.3) is 11.1 Å². The van der Waals surface area contributed by atoms with Gasteiger partial charge >= 0.3 is 0 Å². The monoisotopic (exact) mass is 431 g/mol. The lowest BCUT2D eigenvalue weighted by Crippen LogP contribution is -2.42. The molecule has 0 N–H and O–H groups in total. The van der Waals surface area contributed by atoms with E-state index in [1.165, 1.54) is 25.9 Å². The van der Waals surface area contributed by atoms with E-state index in [0.29, 0.717) is 6.04 Å². The second-order valence-corrected chi connectivity index (χ2v) is 9.46. The molecule has 0 radical (unpaired) electrons. The van der Waals surface area contributed by atoms with Gasteiger partial charge in [0.05, 0.1) is 0 Å². The topological polar surface area (TPSA) is 43.9 Å². The molecule has 3 saturated heterocycles. The van der Waals surface area contributed by atoms with Gasteiger partial charge in [-0.1, -0.05) is 24.3 Å². The summed E-state index contributed by atoms with van der Waals surface area (Å²) in [7, 11) is 0. The van der Waals surface area contributed by atoms with E-state index in [-0.39, 0.29) is 11.8 Å².